The SMILES string of the molecule is CC(C)(C)[C@H](N)C(=O)N1CCC(N2CCCC2=O)CC1. The summed E-state index contributed by atoms with van der Waals surface area (Å²) in [7, 11) is 0. The molecule has 0 aliphatic carbocycles. The van der Waals surface area contributed by atoms with Crippen LogP contribution in [0.1, 0.15) is 46.5 Å². The van der Waals surface area contributed by atoms with E-state index >= 15 is 0 Å². The average Bonchev–Trinajstić information content (AvgIpc) is 2.82. The van der Waals surface area contributed by atoms with Crippen molar-refractivity contribution in [1.82, 2.24) is 9.80 Å². The molecule has 2 fully saturated rings. The fourth-order valence-electron chi connectivity index (χ4n) is 3.02. The van der Waals surface area contributed by atoms with Gasteiger partial charge in [0.2, 0.25) is 11.8 Å². The number of hydrogen-bond acceptors (Lipinski definition) is 3. The summed E-state index contributed by atoms with van der Waals surface area (Å²) in [5.41, 5.74) is 5.84. The zero-order valence-electron chi connectivity index (χ0n) is 12.9. The third kappa shape index (κ3) is 3.14. The summed E-state index contributed by atoms with van der Waals surface area (Å²) in [6.45, 7) is 8.30. The molecule has 0 aromatic rings. The molecule has 0 spiro atoms. The van der Waals surface area contributed by atoms with Crippen LogP contribution in [0.2, 0.25) is 0 Å². The van der Waals surface area contributed by atoms with Crippen molar-refractivity contribution in [3.8, 4) is 0 Å². The lowest BCUT2D eigenvalue weighted by atomic mass is 9.86. The van der Waals surface area contributed by atoms with E-state index in [1.54, 1.807) is 0 Å². The van der Waals surface area contributed by atoms with Crippen molar-refractivity contribution < 1.29 is 9.59 Å². The van der Waals surface area contributed by atoms with Crippen LogP contribution in [0, 0.1) is 5.41 Å². The molecule has 2 amide bonds. The highest BCUT2D eigenvalue weighted by atomic mass is 16.2. The molecule has 2 saturated heterocycles. The summed E-state index contributed by atoms with van der Waals surface area (Å²) >= 11 is 0. The van der Waals surface area contributed by atoms with Crippen LogP contribution in [0.25, 0.3) is 0 Å². The number of piperidine rings is 1. The number of nitrogens with zero attached hydrogens (tertiary/aromatic N) is 2. The Labute approximate surface area is 121 Å². The minimum atomic E-state index is -0.451. The number of carbonyl (C=O) groups excluding carboxylic acids is 2. The summed E-state index contributed by atoms with van der Waals surface area (Å²) in [4.78, 5) is 28.0. The molecule has 2 heterocycles. The van der Waals surface area contributed by atoms with Gasteiger partial charge < -0.3 is 15.5 Å². The number of nitrogens with two attached hydrogens (primary N) is 1. The molecule has 0 aromatic heterocycles. The number of likely N-dealkylation sites (tertiary alicyclic amines) is 2. The summed E-state index contributed by atoms with van der Waals surface area (Å²) < 4.78 is 0. The van der Waals surface area contributed by atoms with Gasteiger partial charge in [-0.05, 0) is 24.7 Å². The second kappa shape index (κ2) is 5.72. The molecular weight excluding hydrogens is 254 g/mol. The largest absolute Gasteiger partial charge is 0.341 e. The number of carbonyl (C=O) groups is 2. The highest BCUT2D eigenvalue weighted by Gasteiger charge is 2.35. The summed E-state index contributed by atoms with van der Waals surface area (Å²) in [5.74, 6) is 0.324. The molecule has 2 rings (SSSR count). The molecule has 20 heavy (non-hydrogen) atoms. The molecule has 0 unspecified atom stereocenters. The first-order chi connectivity index (χ1) is 9.30. The van der Waals surface area contributed by atoms with E-state index in [-0.39, 0.29) is 17.2 Å². The van der Waals surface area contributed by atoms with Gasteiger partial charge in [-0.2, -0.15) is 0 Å². The lowest BCUT2D eigenvalue weighted by molar-refractivity contribution is -0.137. The van der Waals surface area contributed by atoms with E-state index in [9.17, 15) is 9.59 Å². The zero-order chi connectivity index (χ0) is 14.9. The predicted octanol–water partition coefficient (Wildman–Crippen LogP) is 0.973. The molecule has 5 heteroatoms. The maximum Gasteiger partial charge on any atom is 0.240 e. The molecule has 0 saturated carbocycles. The van der Waals surface area contributed by atoms with E-state index in [0.29, 0.717) is 12.5 Å². The maximum absolute atomic E-state index is 12.4. The van der Waals surface area contributed by atoms with Crippen LogP contribution >= 0.6 is 0 Å². The van der Waals surface area contributed by atoms with Crippen LogP contribution in [-0.4, -0.2) is 53.3 Å². The highest BCUT2D eigenvalue weighted by Crippen LogP contribution is 2.24. The first-order valence-corrected chi connectivity index (χ1v) is 7.64. The highest BCUT2D eigenvalue weighted by molar-refractivity contribution is 5.82. The van der Waals surface area contributed by atoms with Gasteiger partial charge in [0.25, 0.3) is 0 Å². The van der Waals surface area contributed by atoms with Crippen molar-refractivity contribution in [3.63, 3.8) is 0 Å². The maximum atomic E-state index is 12.4. The van der Waals surface area contributed by atoms with Gasteiger partial charge >= 0.3 is 0 Å². The molecule has 2 aliphatic rings. The second-order valence-corrected chi connectivity index (χ2v) is 7.09. The lowest BCUT2D eigenvalue weighted by Crippen LogP contribution is -2.54. The second-order valence-electron chi connectivity index (χ2n) is 7.09. The van der Waals surface area contributed by atoms with Crippen LogP contribution < -0.4 is 5.73 Å². The molecule has 0 radical (unpaired) electrons. The van der Waals surface area contributed by atoms with Gasteiger partial charge in [0.15, 0.2) is 0 Å². The van der Waals surface area contributed by atoms with Crippen LogP contribution in [0.15, 0.2) is 0 Å². The number of hydrogen-bond donors (Lipinski definition) is 1. The van der Waals surface area contributed by atoms with E-state index in [1.165, 1.54) is 0 Å². The summed E-state index contributed by atoms with van der Waals surface area (Å²) in [6, 6.07) is -0.132. The Morgan fingerprint density at radius 3 is 2.30 bits per heavy atom. The van der Waals surface area contributed by atoms with E-state index in [1.807, 2.05) is 30.6 Å². The molecule has 2 N–H and O–H groups in total. The molecule has 2 aliphatic heterocycles. The van der Waals surface area contributed by atoms with Crippen LogP contribution in [0.3, 0.4) is 0 Å². The van der Waals surface area contributed by atoms with Crippen molar-refractivity contribution in [1.29, 1.82) is 0 Å². The van der Waals surface area contributed by atoms with Crippen LogP contribution in [-0.2, 0) is 9.59 Å². The van der Waals surface area contributed by atoms with Gasteiger partial charge in [-0.3, -0.25) is 9.59 Å². The zero-order valence-corrected chi connectivity index (χ0v) is 12.9. The smallest absolute Gasteiger partial charge is 0.240 e. The Kier molecular flexibility index (Phi) is 4.37. The fraction of sp³-hybridized carbons (Fsp3) is 0.867. The standard InChI is InChI=1S/C15H27N3O2/c1-15(2,3)13(16)14(20)17-9-6-11(7-10-17)18-8-4-5-12(18)19/h11,13H,4-10,16H2,1-3H3/t13-/m1/s1. The van der Waals surface area contributed by atoms with Crippen molar-refractivity contribution in [2.75, 3.05) is 19.6 Å². The average molecular weight is 281 g/mol. The summed E-state index contributed by atoms with van der Waals surface area (Å²) in [6.07, 6.45) is 3.43. The monoisotopic (exact) mass is 281 g/mol. The molecule has 114 valence electrons. The Morgan fingerprint density at radius 1 is 1.25 bits per heavy atom. The minimum absolute atomic E-state index is 0.0451. The Bertz CT molecular complexity index is 381. The third-order valence-electron chi connectivity index (χ3n) is 4.53. The molecule has 1 atom stereocenters. The number of rotatable bonds is 2. The quantitative estimate of drug-likeness (QED) is 0.820. The van der Waals surface area contributed by atoms with Gasteiger partial charge in [0.1, 0.15) is 0 Å². The van der Waals surface area contributed by atoms with E-state index < -0.39 is 6.04 Å². The third-order valence-corrected chi connectivity index (χ3v) is 4.53. The van der Waals surface area contributed by atoms with Crippen molar-refractivity contribution in [3.05, 3.63) is 0 Å². The molecule has 0 bridgehead atoms. The normalized spacial score (nSPS) is 23.3. The van der Waals surface area contributed by atoms with Gasteiger partial charge in [0.05, 0.1) is 6.04 Å². The molecule has 0 aromatic carbocycles. The van der Waals surface area contributed by atoms with Crippen molar-refractivity contribution in [2.24, 2.45) is 11.1 Å². The summed E-state index contributed by atoms with van der Waals surface area (Å²) in [5, 5.41) is 0. The first-order valence-electron chi connectivity index (χ1n) is 7.64. The Hall–Kier alpha value is -1.10. The van der Waals surface area contributed by atoms with E-state index in [0.717, 1.165) is 38.9 Å². The van der Waals surface area contributed by atoms with Gasteiger partial charge in [-0.1, -0.05) is 20.8 Å². The fourth-order valence-corrected chi connectivity index (χ4v) is 3.02. The van der Waals surface area contributed by atoms with E-state index in [4.69, 9.17) is 5.73 Å². The Balaban J connectivity index is 1.88. The van der Waals surface area contributed by atoms with Crippen molar-refractivity contribution >= 4 is 11.8 Å². The van der Waals surface area contributed by atoms with Crippen LogP contribution in [0.5, 0.6) is 0 Å². The van der Waals surface area contributed by atoms with Gasteiger partial charge in [0, 0.05) is 32.1 Å². The minimum Gasteiger partial charge on any atom is -0.341 e. The van der Waals surface area contributed by atoms with E-state index in [2.05, 4.69) is 0 Å². The van der Waals surface area contributed by atoms with Crippen molar-refractivity contribution in [2.45, 2.75) is 58.5 Å². The first kappa shape index (κ1) is 15.3. The van der Waals surface area contributed by atoms with Gasteiger partial charge in [-0.25, -0.2) is 0 Å². The molecular formula is C15H27N3O2. The molecule has 5 nitrogen and oxygen atoms in total. The van der Waals surface area contributed by atoms with Gasteiger partial charge in [-0.15, -0.1) is 0 Å². The lowest BCUT2D eigenvalue weighted by Gasteiger charge is -2.39. The topological polar surface area (TPSA) is 66.6 Å². The number of amides is 2. The Morgan fingerprint density at radius 2 is 1.85 bits per heavy atom. The predicted molar refractivity (Wildman–Crippen MR) is 78.0 cm³/mol. The van der Waals surface area contributed by atoms with Crippen LogP contribution in [0.4, 0.5) is 0 Å².